The normalized spacial score (nSPS) is 18.9. The molecule has 0 bridgehead atoms. The van der Waals surface area contributed by atoms with E-state index in [0.29, 0.717) is 6.54 Å². The van der Waals surface area contributed by atoms with E-state index >= 15 is 0 Å². The van der Waals surface area contributed by atoms with E-state index in [0.717, 1.165) is 36.9 Å². The quantitative estimate of drug-likeness (QED) is 0.789. The van der Waals surface area contributed by atoms with Crippen molar-refractivity contribution >= 4 is 17.9 Å². The van der Waals surface area contributed by atoms with Gasteiger partial charge in [0.15, 0.2) is 0 Å². The maximum atomic E-state index is 12.2. The third-order valence-corrected chi connectivity index (χ3v) is 4.27. The summed E-state index contributed by atoms with van der Waals surface area (Å²) in [7, 11) is 0. The summed E-state index contributed by atoms with van der Waals surface area (Å²) >= 11 is 0. The van der Waals surface area contributed by atoms with Crippen molar-refractivity contribution < 1.29 is 9.59 Å². The smallest absolute Gasteiger partial charge is 0.254 e. The Kier molecular flexibility index (Phi) is 3.72. The molecule has 0 aliphatic carbocycles. The average molecular weight is 272 g/mol. The van der Waals surface area contributed by atoms with E-state index in [2.05, 4.69) is 11.0 Å². The van der Waals surface area contributed by atoms with Crippen LogP contribution in [-0.4, -0.2) is 43.3 Å². The highest BCUT2D eigenvalue weighted by atomic mass is 16.2. The van der Waals surface area contributed by atoms with Crippen molar-refractivity contribution in [3.05, 3.63) is 29.3 Å². The molecule has 0 atom stereocenters. The number of anilines is 1. The van der Waals surface area contributed by atoms with Gasteiger partial charge >= 0.3 is 0 Å². The minimum Gasteiger partial charge on any atom is -0.372 e. The second kappa shape index (κ2) is 5.65. The monoisotopic (exact) mass is 272 g/mol. The Morgan fingerprint density at radius 2 is 1.90 bits per heavy atom. The Morgan fingerprint density at radius 1 is 1.10 bits per heavy atom. The van der Waals surface area contributed by atoms with E-state index in [1.54, 1.807) is 4.90 Å². The number of rotatable bonds is 3. The molecule has 20 heavy (non-hydrogen) atoms. The van der Waals surface area contributed by atoms with E-state index in [4.69, 9.17) is 0 Å². The first-order valence-corrected chi connectivity index (χ1v) is 7.40. The minimum atomic E-state index is -0.0106. The van der Waals surface area contributed by atoms with Crippen LogP contribution in [0, 0.1) is 0 Å². The SMILES string of the molecule is O=CCN1CCc2cc(N3CCCCC3)ccc2C1=O. The number of fused-ring (bicyclic) bond motifs is 1. The zero-order valence-corrected chi connectivity index (χ0v) is 11.7. The molecular formula is C16H20N2O2. The summed E-state index contributed by atoms with van der Waals surface area (Å²) in [6.45, 7) is 3.08. The highest BCUT2D eigenvalue weighted by molar-refractivity contribution is 5.98. The molecule has 4 heteroatoms. The molecule has 0 unspecified atom stereocenters. The molecule has 0 aromatic heterocycles. The van der Waals surface area contributed by atoms with Gasteiger partial charge in [0, 0.05) is 30.9 Å². The van der Waals surface area contributed by atoms with Crippen LogP contribution < -0.4 is 4.90 Å². The van der Waals surface area contributed by atoms with Crippen LogP contribution in [0.25, 0.3) is 0 Å². The molecule has 1 fully saturated rings. The van der Waals surface area contributed by atoms with Crippen molar-refractivity contribution in [2.45, 2.75) is 25.7 Å². The van der Waals surface area contributed by atoms with Crippen molar-refractivity contribution in [2.75, 3.05) is 31.1 Å². The number of hydrogen-bond acceptors (Lipinski definition) is 3. The van der Waals surface area contributed by atoms with Crippen molar-refractivity contribution in [1.29, 1.82) is 0 Å². The minimum absolute atomic E-state index is 0.0106. The predicted molar refractivity (Wildman–Crippen MR) is 78.2 cm³/mol. The van der Waals surface area contributed by atoms with Gasteiger partial charge < -0.3 is 14.6 Å². The molecule has 1 aromatic rings. The van der Waals surface area contributed by atoms with Crippen LogP contribution in [0.4, 0.5) is 5.69 Å². The molecule has 2 aliphatic heterocycles. The first kappa shape index (κ1) is 13.2. The van der Waals surface area contributed by atoms with Gasteiger partial charge in [0.2, 0.25) is 0 Å². The lowest BCUT2D eigenvalue weighted by Gasteiger charge is -2.31. The number of amides is 1. The zero-order chi connectivity index (χ0) is 13.9. The summed E-state index contributed by atoms with van der Waals surface area (Å²) in [5.41, 5.74) is 3.12. The Morgan fingerprint density at radius 3 is 2.65 bits per heavy atom. The summed E-state index contributed by atoms with van der Waals surface area (Å²) in [6.07, 6.45) is 5.47. The van der Waals surface area contributed by atoms with E-state index in [-0.39, 0.29) is 12.5 Å². The molecule has 1 aromatic carbocycles. The molecule has 3 rings (SSSR count). The third kappa shape index (κ3) is 2.42. The number of carbonyl (C=O) groups is 2. The highest BCUT2D eigenvalue weighted by Gasteiger charge is 2.24. The Balaban J connectivity index is 1.83. The lowest BCUT2D eigenvalue weighted by Crippen LogP contribution is -2.39. The fourth-order valence-electron chi connectivity index (χ4n) is 3.14. The number of hydrogen-bond donors (Lipinski definition) is 0. The zero-order valence-electron chi connectivity index (χ0n) is 11.7. The number of benzene rings is 1. The molecule has 2 aliphatic rings. The molecule has 1 amide bonds. The van der Waals surface area contributed by atoms with Gasteiger partial charge in [0.05, 0.1) is 6.54 Å². The molecule has 0 radical (unpaired) electrons. The van der Waals surface area contributed by atoms with Crippen molar-refractivity contribution in [3.63, 3.8) is 0 Å². The summed E-state index contributed by atoms with van der Waals surface area (Å²) in [5.74, 6) is -0.0106. The first-order chi connectivity index (χ1) is 9.79. The maximum Gasteiger partial charge on any atom is 0.254 e. The lowest BCUT2D eigenvalue weighted by molar-refractivity contribution is -0.108. The third-order valence-electron chi connectivity index (χ3n) is 4.27. The molecule has 1 saturated heterocycles. The van der Waals surface area contributed by atoms with Crippen LogP contribution in [0.5, 0.6) is 0 Å². The number of nitrogens with zero attached hydrogens (tertiary/aromatic N) is 2. The Labute approximate surface area is 119 Å². The van der Waals surface area contributed by atoms with Crippen molar-refractivity contribution in [1.82, 2.24) is 4.90 Å². The maximum absolute atomic E-state index is 12.2. The van der Waals surface area contributed by atoms with Crippen LogP contribution in [0.3, 0.4) is 0 Å². The van der Waals surface area contributed by atoms with Crippen LogP contribution >= 0.6 is 0 Å². The van der Waals surface area contributed by atoms with Gasteiger partial charge in [0.25, 0.3) is 5.91 Å². The van der Waals surface area contributed by atoms with Crippen LogP contribution in [-0.2, 0) is 11.2 Å². The molecular weight excluding hydrogens is 252 g/mol. The molecule has 2 heterocycles. The summed E-state index contributed by atoms with van der Waals surface area (Å²) in [5, 5.41) is 0. The average Bonchev–Trinajstić information content (AvgIpc) is 2.51. The number of carbonyl (C=O) groups excluding carboxylic acids is 2. The van der Waals surface area contributed by atoms with E-state index < -0.39 is 0 Å². The van der Waals surface area contributed by atoms with Crippen molar-refractivity contribution in [2.24, 2.45) is 0 Å². The number of aldehydes is 1. The first-order valence-electron chi connectivity index (χ1n) is 7.40. The topological polar surface area (TPSA) is 40.6 Å². The van der Waals surface area contributed by atoms with E-state index in [1.807, 2.05) is 12.1 Å². The second-order valence-electron chi connectivity index (χ2n) is 5.56. The van der Waals surface area contributed by atoms with Gasteiger partial charge in [0.1, 0.15) is 6.29 Å². The van der Waals surface area contributed by atoms with E-state index in [1.165, 1.54) is 24.9 Å². The largest absolute Gasteiger partial charge is 0.372 e. The van der Waals surface area contributed by atoms with E-state index in [9.17, 15) is 9.59 Å². The fourth-order valence-corrected chi connectivity index (χ4v) is 3.14. The number of piperidine rings is 1. The summed E-state index contributed by atoms with van der Waals surface area (Å²) in [6, 6.07) is 6.14. The van der Waals surface area contributed by atoms with Gasteiger partial charge in [-0.25, -0.2) is 0 Å². The summed E-state index contributed by atoms with van der Waals surface area (Å²) in [4.78, 5) is 26.9. The van der Waals surface area contributed by atoms with Crippen LogP contribution in [0.2, 0.25) is 0 Å². The highest BCUT2D eigenvalue weighted by Crippen LogP contribution is 2.26. The summed E-state index contributed by atoms with van der Waals surface area (Å²) < 4.78 is 0. The Bertz CT molecular complexity index is 521. The van der Waals surface area contributed by atoms with Crippen LogP contribution in [0.1, 0.15) is 35.2 Å². The molecule has 106 valence electrons. The van der Waals surface area contributed by atoms with Crippen LogP contribution in [0.15, 0.2) is 18.2 Å². The molecule has 0 spiro atoms. The predicted octanol–water partition coefficient (Wildman–Crippen LogP) is 1.87. The van der Waals surface area contributed by atoms with Gasteiger partial charge in [-0.05, 0) is 49.4 Å². The second-order valence-corrected chi connectivity index (χ2v) is 5.56. The standard InChI is InChI=1S/C16H20N2O2/c19-11-10-18-9-6-13-12-14(4-5-15(13)16(18)20)17-7-2-1-3-8-17/h4-5,11-12H,1-3,6-10H2. The van der Waals surface area contributed by atoms with Crippen molar-refractivity contribution in [3.8, 4) is 0 Å². The fraction of sp³-hybridized carbons (Fsp3) is 0.500. The van der Waals surface area contributed by atoms with Gasteiger partial charge in [-0.3, -0.25) is 4.79 Å². The van der Waals surface area contributed by atoms with Gasteiger partial charge in [-0.15, -0.1) is 0 Å². The lowest BCUT2D eigenvalue weighted by atomic mass is 9.97. The Hall–Kier alpha value is -1.84. The van der Waals surface area contributed by atoms with Gasteiger partial charge in [-0.1, -0.05) is 0 Å². The molecule has 0 N–H and O–H groups in total. The molecule has 0 saturated carbocycles. The van der Waals surface area contributed by atoms with Gasteiger partial charge in [-0.2, -0.15) is 0 Å². The molecule has 4 nitrogen and oxygen atoms in total.